The van der Waals surface area contributed by atoms with E-state index in [2.05, 4.69) is 4.98 Å². The Kier molecular flexibility index (Phi) is 1.16. The topological polar surface area (TPSA) is 83.7 Å². The number of pyridine rings is 1. The van der Waals surface area contributed by atoms with Gasteiger partial charge in [0, 0.05) is 0 Å². The number of phosphoric acid groups is 1. The van der Waals surface area contributed by atoms with Gasteiger partial charge in [0.05, 0.1) is 10.9 Å². The van der Waals surface area contributed by atoms with Crippen molar-refractivity contribution in [3.63, 3.8) is 0 Å². The van der Waals surface area contributed by atoms with Gasteiger partial charge in [-0.2, -0.15) is 4.57 Å². The van der Waals surface area contributed by atoms with Crippen LogP contribution in [-0.2, 0) is 4.57 Å². The van der Waals surface area contributed by atoms with Gasteiger partial charge in [-0.25, -0.2) is 4.98 Å². The molecule has 0 amide bonds. The standard InChI is InChI=1S/C9H5N2O4P/c10-9-8-7-6-4(11-9)2-1-3-5(6)13-16(12,14-7)15-8/h1-3H,(H2,10,11). The van der Waals surface area contributed by atoms with Gasteiger partial charge in [0.25, 0.3) is 0 Å². The Hall–Kier alpha value is -1.94. The second kappa shape index (κ2) is 2.25. The first-order chi connectivity index (χ1) is 7.66. The molecule has 0 saturated heterocycles. The molecule has 1 unspecified atom stereocenters. The van der Waals surface area contributed by atoms with Gasteiger partial charge in [0.2, 0.25) is 5.75 Å². The minimum absolute atomic E-state index is 0.155. The summed E-state index contributed by atoms with van der Waals surface area (Å²) in [7, 11) is -3.56. The molecule has 6 nitrogen and oxygen atoms in total. The number of hydrogen-bond donors (Lipinski definition) is 1. The maximum atomic E-state index is 11.9. The Morgan fingerprint density at radius 1 is 1.19 bits per heavy atom. The van der Waals surface area contributed by atoms with Gasteiger partial charge in [0.1, 0.15) is 5.75 Å². The summed E-state index contributed by atoms with van der Waals surface area (Å²) < 4.78 is 27.4. The van der Waals surface area contributed by atoms with Crippen LogP contribution in [0.15, 0.2) is 18.2 Å². The van der Waals surface area contributed by atoms with Crippen LogP contribution >= 0.6 is 7.82 Å². The Labute approximate surface area is 89.6 Å². The lowest BCUT2D eigenvalue weighted by Crippen LogP contribution is -2.03. The number of nitrogens with two attached hydrogens (primary N) is 1. The fourth-order valence-corrected chi connectivity index (χ4v) is 3.21. The molecule has 1 aromatic carbocycles. The van der Waals surface area contributed by atoms with Crippen molar-refractivity contribution < 1.29 is 18.1 Å². The Bertz CT molecular complexity index is 699. The summed E-state index contributed by atoms with van der Waals surface area (Å²) in [6.07, 6.45) is 0. The molecule has 2 bridgehead atoms. The van der Waals surface area contributed by atoms with Gasteiger partial charge in [-0.3, -0.25) is 0 Å². The van der Waals surface area contributed by atoms with Crippen molar-refractivity contribution >= 4 is 24.5 Å². The van der Waals surface area contributed by atoms with Gasteiger partial charge in [0.15, 0.2) is 11.6 Å². The molecule has 2 aliphatic heterocycles. The minimum Gasteiger partial charge on any atom is -0.385 e. The van der Waals surface area contributed by atoms with Crippen LogP contribution in [0.3, 0.4) is 0 Å². The maximum Gasteiger partial charge on any atom is 0.647 e. The van der Waals surface area contributed by atoms with E-state index >= 15 is 0 Å². The van der Waals surface area contributed by atoms with Crippen LogP contribution in [0.25, 0.3) is 10.9 Å². The number of fused-ring (bicyclic) bond motifs is 1. The third-order valence-electron chi connectivity index (χ3n) is 2.53. The summed E-state index contributed by atoms with van der Waals surface area (Å²) in [4.78, 5) is 4.14. The molecule has 7 heteroatoms. The summed E-state index contributed by atoms with van der Waals surface area (Å²) in [5.74, 6) is 1.18. The lowest BCUT2D eigenvalue weighted by atomic mass is 10.1. The summed E-state index contributed by atoms with van der Waals surface area (Å²) >= 11 is 0. The molecule has 2 N–H and O–H groups in total. The van der Waals surface area contributed by atoms with Crippen LogP contribution in [0.4, 0.5) is 5.82 Å². The van der Waals surface area contributed by atoms with Gasteiger partial charge in [-0.05, 0) is 12.1 Å². The van der Waals surface area contributed by atoms with E-state index in [4.69, 9.17) is 19.3 Å². The minimum atomic E-state index is -3.56. The largest absolute Gasteiger partial charge is 0.647 e. The molecule has 0 saturated carbocycles. The Balaban J connectivity index is 2.29. The quantitative estimate of drug-likeness (QED) is 0.705. The zero-order valence-corrected chi connectivity index (χ0v) is 8.73. The summed E-state index contributed by atoms with van der Waals surface area (Å²) in [5.41, 5.74) is 6.32. The molecular weight excluding hydrogens is 231 g/mol. The van der Waals surface area contributed by atoms with Crippen LogP contribution in [0.2, 0.25) is 0 Å². The number of hydrogen-bond acceptors (Lipinski definition) is 6. The van der Waals surface area contributed by atoms with Crippen molar-refractivity contribution in [2.45, 2.75) is 0 Å². The van der Waals surface area contributed by atoms with Crippen molar-refractivity contribution in [1.29, 1.82) is 0 Å². The van der Waals surface area contributed by atoms with E-state index < -0.39 is 7.82 Å². The second-order valence-corrected chi connectivity index (χ2v) is 4.97. The normalized spacial score (nSPS) is 24.0. The average molecular weight is 236 g/mol. The van der Waals surface area contributed by atoms with Crippen LogP contribution < -0.4 is 19.3 Å². The second-order valence-electron chi connectivity index (χ2n) is 3.53. The molecule has 0 radical (unpaired) electrons. The number of anilines is 1. The third kappa shape index (κ3) is 0.796. The highest BCUT2D eigenvalue weighted by molar-refractivity contribution is 7.50. The highest BCUT2D eigenvalue weighted by atomic mass is 31.2. The van der Waals surface area contributed by atoms with E-state index in [-0.39, 0.29) is 11.6 Å². The fourth-order valence-electron chi connectivity index (χ4n) is 1.90. The first kappa shape index (κ1) is 8.24. The van der Waals surface area contributed by atoms with E-state index in [1.807, 2.05) is 0 Å². The van der Waals surface area contributed by atoms with Crippen molar-refractivity contribution in [2.75, 3.05) is 5.73 Å². The molecular formula is C9H5N2O4P. The monoisotopic (exact) mass is 236 g/mol. The molecule has 0 fully saturated rings. The Morgan fingerprint density at radius 2 is 2.00 bits per heavy atom. The smallest absolute Gasteiger partial charge is 0.385 e. The van der Waals surface area contributed by atoms with E-state index in [0.717, 1.165) is 0 Å². The van der Waals surface area contributed by atoms with Crippen LogP contribution in [0.1, 0.15) is 0 Å². The average Bonchev–Trinajstić information content (AvgIpc) is 2.51. The number of benzene rings is 1. The maximum absolute atomic E-state index is 11.9. The molecule has 3 heterocycles. The summed E-state index contributed by atoms with van der Waals surface area (Å²) in [6, 6.07) is 5.21. The highest BCUT2D eigenvalue weighted by Gasteiger charge is 2.48. The molecule has 80 valence electrons. The third-order valence-corrected chi connectivity index (χ3v) is 3.76. The van der Waals surface area contributed by atoms with Gasteiger partial charge >= 0.3 is 7.82 Å². The van der Waals surface area contributed by atoms with E-state index in [1.54, 1.807) is 18.2 Å². The molecule has 2 aromatic rings. The molecule has 4 rings (SSSR count). The Morgan fingerprint density at radius 3 is 2.88 bits per heavy atom. The first-order valence-electron chi connectivity index (χ1n) is 4.57. The molecule has 0 aliphatic carbocycles. The van der Waals surface area contributed by atoms with Crippen molar-refractivity contribution in [3.8, 4) is 17.2 Å². The number of nitrogens with zero attached hydrogens (tertiary/aromatic N) is 1. The SMILES string of the molecule is Nc1nc2cccc3c2c2c1OP(=O)(O3)O2. The fraction of sp³-hybridized carbons (Fsp3) is 0. The van der Waals surface area contributed by atoms with E-state index in [9.17, 15) is 4.57 Å². The molecule has 1 aromatic heterocycles. The lowest BCUT2D eigenvalue weighted by Gasteiger charge is -2.15. The number of rotatable bonds is 0. The van der Waals surface area contributed by atoms with Gasteiger partial charge in [-0.1, -0.05) is 6.07 Å². The van der Waals surface area contributed by atoms with E-state index in [1.165, 1.54) is 0 Å². The first-order valence-corrected chi connectivity index (χ1v) is 6.03. The van der Waals surface area contributed by atoms with Gasteiger partial charge < -0.3 is 19.3 Å². The number of aromatic nitrogens is 1. The summed E-state index contributed by atoms with van der Waals surface area (Å²) in [6.45, 7) is 0. The van der Waals surface area contributed by atoms with Crippen molar-refractivity contribution in [2.24, 2.45) is 0 Å². The van der Waals surface area contributed by atoms with Gasteiger partial charge in [-0.15, -0.1) is 0 Å². The predicted octanol–water partition coefficient (Wildman–Crippen LogP) is 2.09. The molecule has 2 aliphatic rings. The zero-order valence-electron chi connectivity index (χ0n) is 7.84. The zero-order chi connectivity index (χ0) is 10.9. The van der Waals surface area contributed by atoms with Crippen molar-refractivity contribution in [3.05, 3.63) is 18.2 Å². The number of phosphoric ester groups is 1. The van der Waals surface area contributed by atoms with E-state index in [0.29, 0.717) is 22.4 Å². The highest BCUT2D eigenvalue weighted by Crippen LogP contribution is 2.66. The van der Waals surface area contributed by atoms with Crippen LogP contribution in [0, 0.1) is 0 Å². The van der Waals surface area contributed by atoms with Crippen LogP contribution in [-0.4, -0.2) is 4.98 Å². The number of nitrogen functional groups attached to an aromatic ring is 1. The molecule has 0 spiro atoms. The van der Waals surface area contributed by atoms with Crippen molar-refractivity contribution in [1.82, 2.24) is 4.98 Å². The summed E-state index contributed by atoms with van der Waals surface area (Å²) in [5, 5.41) is 0.649. The lowest BCUT2D eigenvalue weighted by molar-refractivity contribution is 0.328. The molecule has 16 heavy (non-hydrogen) atoms. The predicted molar refractivity (Wildman–Crippen MR) is 55.6 cm³/mol. The van der Waals surface area contributed by atoms with Crippen LogP contribution in [0.5, 0.6) is 17.2 Å². The molecule has 1 atom stereocenters.